The minimum atomic E-state index is -0.261. The molecular formula is C18H18ClN3O2. The molecule has 0 atom stereocenters. The van der Waals surface area contributed by atoms with Crippen LogP contribution in [-0.2, 0) is 0 Å². The van der Waals surface area contributed by atoms with Crippen LogP contribution in [0.1, 0.15) is 12.8 Å². The number of hydrogen-bond donors (Lipinski definition) is 1. The van der Waals surface area contributed by atoms with E-state index in [0.29, 0.717) is 16.5 Å². The number of carbonyl (C=O) groups excluding carboxylic acids is 1. The lowest BCUT2D eigenvalue weighted by Crippen LogP contribution is -2.39. The molecule has 1 N–H and O–H groups in total. The van der Waals surface area contributed by atoms with Crippen LogP contribution in [0.25, 0.3) is 0 Å². The molecule has 1 heterocycles. The van der Waals surface area contributed by atoms with Crippen molar-refractivity contribution < 1.29 is 9.53 Å². The number of ether oxygens (including phenoxy) is 1. The van der Waals surface area contributed by atoms with Gasteiger partial charge < -0.3 is 10.1 Å². The zero-order valence-electron chi connectivity index (χ0n) is 13.3. The Bertz CT molecular complexity index is 762. The number of benzene rings is 2. The number of hydrogen-bond acceptors (Lipinski definition) is 3. The quantitative estimate of drug-likeness (QED) is 0.886. The first-order valence-electron chi connectivity index (χ1n) is 7.72. The zero-order chi connectivity index (χ0) is 16.9. The lowest BCUT2D eigenvalue weighted by molar-refractivity contribution is 0.259. The predicted octanol–water partition coefficient (Wildman–Crippen LogP) is 4.58. The van der Waals surface area contributed by atoms with E-state index in [4.69, 9.17) is 16.3 Å². The van der Waals surface area contributed by atoms with E-state index in [1.54, 1.807) is 30.2 Å². The molecule has 1 aliphatic rings. The highest BCUT2D eigenvalue weighted by atomic mass is 35.5. The minimum Gasteiger partial charge on any atom is -0.495 e. The largest absolute Gasteiger partial charge is 0.495 e. The van der Waals surface area contributed by atoms with Crippen LogP contribution in [0.3, 0.4) is 0 Å². The maximum atomic E-state index is 12.8. The van der Waals surface area contributed by atoms with E-state index in [9.17, 15) is 4.79 Å². The number of para-hydroxylation sites is 1. The number of urea groups is 1. The summed E-state index contributed by atoms with van der Waals surface area (Å²) in [5, 5.41) is 3.35. The molecule has 5 nitrogen and oxygen atoms in total. The van der Waals surface area contributed by atoms with Crippen molar-refractivity contribution in [3.05, 3.63) is 53.6 Å². The van der Waals surface area contributed by atoms with Crippen LogP contribution in [0.4, 0.5) is 16.2 Å². The van der Waals surface area contributed by atoms with Gasteiger partial charge in [-0.15, -0.1) is 0 Å². The molecule has 6 heteroatoms. The molecule has 124 valence electrons. The number of methoxy groups -OCH3 is 1. The van der Waals surface area contributed by atoms with Crippen molar-refractivity contribution in [1.82, 2.24) is 0 Å². The minimum absolute atomic E-state index is 0.261. The third kappa shape index (κ3) is 3.51. The van der Waals surface area contributed by atoms with Crippen molar-refractivity contribution in [2.45, 2.75) is 12.8 Å². The van der Waals surface area contributed by atoms with Crippen LogP contribution in [0, 0.1) is 0 Å². The van der Waals surface area contributed by atoms with Crippen LogP contribution in [-0.4, -0.2) is 25.5 Å². The highest BCUT2D eigenvalue weighted by molar-refractivity contribution is 6.32. The number of amides is 2. The van der Waals surface area contributed by atoms with Gasteiger partial charge in [0.25, 0.3) is 0 Å². The van der Waals surface area contributed by atoms with Crippen molar-refractivity contribution in [2.75, 3.05) is 23.9 Å². The van der Waals surface area contributed by atoms with Crippen LogP contribution in [0.15, 0.2) is 53.5 Å². The summed E-state index contributed by atoms with van der Waals surface area (Å²) in [6, 6.07) is 14.3. The van der Waals surface area contributed by atoms with Gasteiger partial charge >= 0.3 is 6.03 Å². The molecule has 1 aliphatic heterocycles. The third-order valence-electron chi connectivity index (χ3n) is 3.73. The average Bonchev–Trinajstić information content (AvgIpc) is 3.10. The normalized spacial score (nSPS) is 13.3. The van der Waals surface area contributed by atoms with E-state index in [1.807, 2.05) is 30.3 Å². The molecule has 0 saturated heterocycles. The Morgan fingerprint density at radius 2 is 2.04 bits per heavy atom. The second-order valence-corrected chi connectivity index (χ2v) is 5.76. The van der Waals surface area contributed by atoms with Gasteiger partial charge in [0.05, 0.1) is 17.8 Å². The van der Waals surface area contributed by atoms with Gasteiger partial charge in [-0.3, -0.25) is 9.89 Å². The summed E-state index contributed by atoms with van der Waals surface area (Å²) in [5.41, 5.74) is 1.39. The maximum absolute atomic E-state index is 12.8. The Hall–Kier alpha value is -2.53. The summed E-state index contributed by atoms with van der Waals surface area (Å²) >= 11 is 6.22. The molecule has 2 aromatic carbocycles. The van der Waals surface area contributed by atoms with Crippen molar-refractivity contribution in [2.24, 2.45) is 4.99 Å². The Morgan fingerprint density at radius 1 is 1.25 bits per heavy atom. The molecule has 3 rings (SSSR count). The number of halogens is 1. The molecule has 0 radical (unpaired) electrons. The Kier molecular flexibility index (Phi) is 5.01. The van der Waals surface area contributed by atoms with Gasteiger partial charge in [-0.05, 0) is 36.8 Å². The van der Waals surface area contributed by atoms with Crippen molar-refractivity contribution in [1.29, 1.82) is 0 Å². The number of nitrogens with zero attached hydrogens (tertiary/aromatic N) is 2. The smallest absolute Gasteiger partial charge is 0.331 e. The van der Waals surface area contributed by atoms with Gasteiger partial charge in [0.1, 0.15) is 11.6 Å². The molecule has 24 heavy (non-hydrogen) atoms. The number of nitrogens with one attached hydrogen (secondary N) is 1. The SMILES string of the molecule is COc1ccc(N(C(=O)Nc2ccccc2)C2=NCCC2)cc1Cl. The number of amidine groups is 1. The van der Waals surface area contributed by atoms with E-state index in [2.05, 4.69) is 10.3 Å². The summed E-state index contributed by atoms with van der Waals surface area (Å²) in [6.45, 7) is 0.730. The number of rotatable bonds is 3. The zero-order valence-corrected chi connectivity index (χ0v) is 14.1. The Balaban J connectivity index is 1.92. The van der Waals surface area contributed by atoms with Gasteiger partial charge in [-0.1, -0.05) is 29.8 Å². The first-order valence-corrected chi connectivity index (χ1v) is 8.10. The van der Waals surface area contributed by atoms with E-state index in [-0.39, 0.29) is 6.03 Å². The molecule has 0 aromatic heterocycles. The highest BCUT2D eigenvalue weighted by Crippen LogP contribution is 2.30. The van der Waals surface area contributed by atoms with E-state index >= 15 is 0 Å². The first-order chi connectivity index (χ1) is 11.7. The van der Waals surface area contributed by atoms with Crippen LogP contribution < -0.4 is 15.0 Å². The van der Waals surface area contributed by atoms with Crippen molar-refractivity contribution >= 4 is 34.8 Å². The standard InChI is InChI=1S/C18H18ClN3O2/c1-24-16-10-9-14(12-15(16)19)22(17-8-5-11-20-17)18(23)21-13-6-3-2-4-7-13/h2-4,6-7,9-10,12H,5,8,11H2,1H3,(H,21,23). The molecule has 2 aromatic rings. The van der Waals surface area contributed by atoms with Crippen LogP contribution >= 0.6 is 11.6 Å². The molecule has 0 unspecified atom stereocenters. The molecule has 0 spiro atoms. The molecule has 2 amide bonds. The van der Waals surface area contributed by atoms with Gasteiger partial charge in [0.15, 0.2) is 0 Å². The number of anilines is 2. The fourth-order valence-electron chi connectivity index (χ4n) is 2.59. The summed E-state index contributed by atoms with van der Waals surface area (Å²) in [7, 11) is 1.56. The maximum Gasteiger partial charge on any atom is 0.331 e. The lowest BCUT2D eigenvalue weighted by atomic mass is 10.2. The molecule has 0 fully saturated rings. The van der Waals surface area contributed by atoms with Gasteiger partial charge in [0.2, 0.25) is 0 Å². The lowest BCUT2D eigenvalue weighted by Gasteiger charge is -2.23. The van der Waals surface area contributed by atoms with Crippen molar-refractivity contribution in [3.63, 3.8) is 0 Å². The summed E-state index contributed by atoms with van der Waals surface area (Å²) in [6.07, 6.45) is 1.69. The fraction of sp³-hybridized carbons (Fsp3) is 0.222. The summed E-state index contributed by atoms with van der Waals surface area (Å²) in [5.74, 6) is 1.31. The van der Waals surface area contributed by atoms with E-state index < -0.39 is 0 Å². The second-order valence-electron chi connectivity index (χ2n) is 5.35. The monoisotopic (exact) mass is 343 g/mol. The summed E-state index contributed by atoms with van der Waals surface area (Å²) < 4.78 is 5.18. The predicted molar refractivity (Wildman–Crippen MR) is 97.5 cm³/mol. The fourth-order valence-corrected chi connectivity index (χ4v) is 2.84. The molecular weight excluding hydrogens is 326 g/mol. The second kappa shape index (κ2) is 7.36. The van der Waals surface area contributed by atoms with Gasteiger partial charge in [-0.2, -0.15) is 0 Å². The molecule has 0 aliphatic carbocycles. The Labute approximate surface area is 145 Å². The number of aliphatic imine (C=N–C) groups is 1. The van der Waals surface area contributed by atoms with E-state index in [0.717, 1.165) is 30.9 Å². The number of carbonyl (C=O) groups is 1. The topological polar surface area (TPSA) is 53.9 Å². The highest BCUT2D eigenvalue weighted by Gasteiger charge is 2.24. The van der Waals surface area contributed by atoms with E-state index in [1.165, 1.54) is 0 Å². The van der Waals surface area contributed by atoms with Crippen LogP contribution in [0.5, 0.6) is 5.75 Å². The molecule has 0 bridgehead atoms. The molecule has 0 saturated carbocycles. The van der Waals surface area contributed by atoms with Crippen LogP contribution in [0.2, 0.25) is 5.02 Å². The van der Waals surface area contributed by atoms with Crippen molar-refractivity contribution in [3.8, 4) is 5.75 Å². The first kappa shape index (κ1) is 16.3. The average molecular weight is 344 g/mol. The Morgan fingerprint density at radius 3 is 2.67 bits per heavy atom. The van der Waals surface area contributed by atoms with Gasteiger partial charge in [-0.25, -0.2) is 4.79 Å². The summed E-state index contributed by atoms with van der Waals surface area (Å²) in [4.78, 5) is 18.9. The third-order valence-corrected chi connectivity index (χ3v) is 4.03. The van der Waals surface area contributed by atoms with Gasteiger partial charge in [0, 0.05) is 18.7 Å².